The normalized spacial score (nSPS) is 18.5. The summed E-state index contributed by atoms with van der Waals surface area (Å²) in [5, 5.41) is 8.50. The highest BCUT2D eigenvalue weighted by Gasteiger charge is 2.24. The van der Waals surface area contributed by atoms with Gasteiger partial charge in [0.2, 0.25) is 5.91 Å². The minimum atomic E-state index is -0.460. The molecule has 0 saturated carbocycles. The van der Waals surface area contributed by atoms with Crippen molar-refractivity contribution < 1.29 is 4.79 Å². The monoisotopic (exact) mass is 236 g/mol. The number of hydrogen-bond acceptors (Lipinski definition) is 4. The molecule has 2 N–H and O–H groups in total. The maximum Gasteiger partial charge on any atom is 0.239 e. The van der Waals surface area contributed by atoms with E-state index in [9.17, 15) is 4.79 Å². The molecule has 1 heterocycles. The van der Waals surface area contributed by atoms with Crippen molar-refractivity contribution in [1.82, 2.24) is 9.80 Å². The molecule has 1 unspecified atom stereocenters. The lowest BCUT2D eigenvalue weighted by Gasteiger charge is -2.35. The van der Waals surface area contributed by atoms with Crippen molar-refractivity contribution in [2.24, 2.45) is 5.73 Å². The van der Waals surface area contributed by atoms with Gasteiger partial charge in [0.1, 0.15) is 0 Å². The molecule has 1 fully saturated rings. The van der Waals surface area contributed by atoms with Gasteiger partial charge in [-0.05, 0) is 6.42 Å². The first-order valence-electron chi connectivity index (χ1n) is 5.93. The van der Waals surface area contributed by atoms with Gasteiger partial charge in [-0.2, -0.15) is 5.26 Å². The molecule has 0 aromatic heterocycles. The van der Waals surface area contributed by atoms with Crippen molar-refractivity contribution >= 4 is 5.91 Å². The first-order chi connectivity index (χ1) is 8.19. The van der Waals surface area contributed by atoms with Gasteiger partial charge in [0, 0.05) is 39.1 Å². The van der Waals surface area contributed by atoms with Crippen molar-refractivity contribution in [2.45, 2.75) is 18.9 Å². The summed E-state index contributed by atoms with van der Waals surface area (Å²) in [5.41, 5.74) is 5.75. The first-order valence-corrected chi connectivity index (χ1v) is 5.93. The minimum absolute atomic E-state index is 0.00448. The molecule has 17 heavy (non-hydrogen) atoms. The topological polar surface area (TPSA) is 73.4 Å². The molecule has 1 amide bonds. The molecule has 1 atom stereocenters. The highest BCUT2D eigenvalue weighted by molar-refractivity contribution is 5.81. The van der Waals surface area contributed by atoms with Gasteiger partial charge >= 0.3 is 0 Å². The molecular formula is C12H20N4O. The number of nitrogens with zero attached hydrogens (tertiary/aromatic N) is 3. The van der Waals surface area contributed by atoms with E-state index >= 15 is 0 Å². The molecule has 0 aromatic carbocycles. The predicted molar refractivity (Wildman–Crippen MR) is 66.0 cm³/mol. The Bertz CT molecular complexity index is 302. The van der Waals surface area contributed by atoms with Crippen LogP contribution in [-0.2, 0) is 4.79 Å². The van der Waals surface area contributed by atoms with Gasteiger partial charge in [-0.25, -0.2) is 0 Å². The fraction of sp³-hybridized carbons (Fsp3) is 0.667. The summed E-state index contributed by atoms with van der Waals surface area (Å²) in [6.07, 6.45) is 2.74. The van der Waals surface area contributed by atoms with Crippen molar-refractivity contribution in [3.05, 3.63) is 12.7 Å². The Balaban J connectivity index is 2.33. The van der Waals surface area contributed by atoms with E-state index in [-0.39, 0.29) is 5.91 Å². The number of rotatable bonds is 5. The lowest BCUT2D eigenvalue weighted by Crippen LogP contribution is -2.53. The van der Waals surface area contributed by atoms with Crippen LogP contribution < -0.4 is 5.73 Å². The zero-order valence-corrected chi connectivity index (χ0v) is 10.1. The predicted octanol–water partition coefficient (Wildman–Crippen LogP) is -0.0523. The Morgan fingerprint density at radius 2 is 2.12 bits per heavy atom. The first kappa shape index (κ1) is 13.7. The van der Waals surface area contributed by atoms with Crippen LogP contribution in [0.2, 0.25) is 0 Å². The van der Waals surface area contributed by atoms with Crippen LogP contribution >= 0.6 is 0 Å². The molecule has 0 aliphatic carbocycles. The summed E-state index contributed by atoms with van der Waals surface area (Å²) in [6.45, 7) is 7.44. The van der Waals surface area contributed by atoms with Gasteiger partial charge in [0.05, 0.1) is 12.1 Å². The van der Waals surface area contributed by atoms with Crippen molar-refractivity contribution in [3.63, 3.8) is 0 Å². The lowest BCUT2D eigenvalue weighted by molar-refractivity contribution is -0.134. The molecule has 0 radical (unpaired) electrons. The van der Waals surface area contributed by atoms with Gasteiger partial charge in [-0.15, -0.1) is 6.58 Å². The Morgan fingerprint density at radius 1 is 1.47 bits per heavy atom. The molecule has 5 heteroatoms. The number of nitriles is 1. The van der Waals surface area contributed by atoms with Gasteiger partial charge in [-0.1, -0.05) is 6.08 Å². The van der Waals surface area contributed by atoms with E-state index in [4.69, 9.17) is 11.0 Å². The molecule has 1 aliphatic rings. The number of piperazine rings is 1. The minimum Gasteiger partial charge on any atom is -0.339 e. The van der Waals surface area contributed by atoms with E-state index in [0.29, 0.717) is 25.9 Å². The molecule has 1 rings (SSSR count). The third kappa shape index (κ3) is 4.17. The fourth-order valence-electron chi connectivity index (χ4n) is 1.91. The van der Waals surface area contributed by atoms with Gasteiger partial charge in [0.15, 0.2) is 0 Å². The largest absolute Gasteiger partial charge is 0.339 e. The molecule has 1 aliphatic heterocycles. The van der Waals surface area contributed by atoms with Crippen LogP contribution in [0.25, 0.3) is 0 Å². The summed E-state index contributed by atoms with van der Waals surface area (Å²) in [7, 11) is 0. The highest BCUT2D eigenvalue weighted by Crippen LogP contribution is 2.05. The maximum atomic E-state index is 11.9. The third-order valence-corrected chi connectivity index (χ3v) is 2.96. The van der Waals surface area contributed by atoms with Crippen LogP contribution in [0.5, 0.6) is 0 Å². The Hall–Kier alpha value is -1.38. The summed E-state index contributed by atoms with van der Waals surface area (Å²) in [6, 6.07) is 1.67. The molecule has 94 valence electrons. The number of carbonyl (C=O) groups is 1. The average molecular weight is 236 g/mol. The van der Waals surface area contributed by atoms with Crippen LogP contribution in [0.15, 0.2) is 12.7 Å². The smallest absolute Gasteiger partial charge is 0.239 e. The summed E-state index contributed by atoms with van der Waals surface area (Å²) < 4.78 is 0. The number of nitrogens with two attached hydrogens (primary N) is 1. The lowest BCUT2D eigenvalue weighted by atomic mass is 10.1. The second kappa shape index (κ2) is 7.05. The average Bonchev–Trinajstić information content (AvgIpc) is 2.36. The van der Waals surface area contributed by atoms with Crippen LogP contribution in [0.4, 0.5) is 0 Å². The van der Waals surface area contributed by atoms with E-state index in [1.807, 2.05) is 0 Å². The van der Waals surface area contributed by atoms with Crippen LogP contribution in [0, 0.1) is 11.3 Å². The number of hydrogen-bond donors (Lipinski definition) is 1. The van der Waals surface area contributed by atoms with Crippen LogP contribution in [-0.4, -0.2) is 54.5 Å². The summed E-state index contributed by atoms with van der Waals surface area (Å²) >= 11 is 0. The third-order valence-electron chi connectivity index (χ3n) is 2.96. The molecule has 0 aromatic rings. The number of amides is 1. The van der Waals surface area contributed by atoms with Gasteiger partial charge in [0.25, 0.3) is 0 Å². The molecule has 0 bridgehead atoms. The second-order valence-corrected chi connectivity index (χ2v) is 4.21. The van der Waals surface area contributed by atoms with Crippen molar-refractivity contribution in [1.29, 1.82) is 5.26 Å². The number of carbonyl (C=O) groups excluding carboxylic acids is 1. The Labute approximate surface area is 102 Å². The molecule has 1 saturated heterocycles. The van der Waals surface area contributed by atoms with Crippen molar-refractivity contribution in [3.8, 4) is 6.07 Å². The van der Waals surface area contributed by atoms with Crippen LogP contribution in [0.3, 0.4) is 0 Å². The Morgan fingerprint density at radius 3 is 2.65 bits per heavy atom. The van der Waals surface area contributed by atoms with Gasteiger partial charge in [-0.3, -0.25) is 9.69 Å². The molecule has 0 spiro atoms. The van der Waals surface area contributed by atoms with E-state index in [1.165, 1.54) is 0 Å². The van der Waals surface area contributed by atoms with E-state index in [2.05, 4.69) is 17.5 Å². The molecular weight excluding hydrogens is 216 g/mol. The van der Waals surface area contributed by atoms with E-state index < -0.39 is 6.04 Å². The SMILES string of the molecule is C=CCC(N)C(=O)N1CCN(CCC#N)CC1. The quantitative estimate of drug-likeness (QED) is 0.679. The maximum absolute atomic E-state index is 11.9. The van der Waals surface area contributed by atoms with Crippen molar-refractivity contribution in [2.75, 3.05) is 32.7 Å². The second-order valence-electron chi connectivity index (χ2n) is 4.21. The summed E-state index contributed by atoms with van der Waals surface area (Å²) in [4.78, 5) is 15.9. The van der Waals surface area contributed by atoms with Gasteiger partial charge < -0.3 is 10.6 Å². The standard InChI is InChI=1S/C12H20N4O/c1-2-4-11(14)12(17)16-9-7-15(8-10-16)6-3-5-13/h2,11H,1,3-4,6-10,14H2. The van der Waals surface area contributed by atoms with Crippen LogP contribution in [0.1, 0.15) is 12.8 Å². The fourth-order valence-corrected chi connectivity index (χ4v) is 1.91. The van der Waals surface area contributed by atoms with E-state index in [1.54, 1.807) is 11.0 Å². The Kier molecular flexibility index (Phi) is 5.67. The molecule has 5 nitrogen and oxygen atoms in total. The van der Waals surface area contributed by atoms with E-state index in [0.717, 1.165) is 19.6 Å². The summed E-state index contributed by atoms with van der Waals surface area (Å²) in [5.74, 6) is 0.00448. The highest BCUT2D eigenvalue weighted by atomic mass is 16.2. The zero-order valence-electron chi connectivity index (χ0n) is 10.1. The zero-order chi connectivity index (χ0) is 12.7.